The van der Waals surface area contributed by atoms with E-state index in [0.29, 0.717) is 6.61 Å². The number of hydrogen-bond acceptors (Lipinski definition) is 2. The third-order valence-electron chi connectivity index (χ3n) is 3.97. The van der Waals surface area contributed by atoms with Gasteiger partial charge in [0, 0.05) is 11.5 Å². The molecule has 2 heteroatoms. The molecule has 0 fully saturated rings. The minimum absolute atomic E-state index is 0.140. The minimum Gasteiger partial charge on any atom is -0.463 e. The lowest BCUT2D eigenvalue weighted by molar-refractivity contribution is -0.139. The highest BCUT2D eigenvalue weighted by Crippen LogP contribution is 2.41. The first-order chi connectivity index (χ1) is 9.56. The number of allylic oxidation sites excluding steroid dienone is 3. The second-order valence-electron chi connectivity index (χ2n) is 5.38. The maximum atomic E-state index is 12.2. The molecule has 0 spiro atoms. The molecule has 0 radical (unpaired) electrons. The van der Waals surface area contributed by atoms with Crippen LogP contribution in [0.2, 0.25) is 0 Å². The number of benzene rings is 1. The van der Waals surface area contributed by atoms with Crippen molar-refractivity contribution in [2.75, 3.05) is 6.61 Å². The molecule has 0 amide bonds. The highest BCUT2D eigenvalue weighted by Gasteiger charge is 2.32. The molecule has 1 aromatic carbocycles. The Hall–Kier alpha value is -1.83. The zero-order chi connectivity index (χ0) is 14.7. The summed E-state index contributed by atoms with van der Waals surface area (Å²) in [7, 11) is 0. The molecule has 0 saturated heterocycles. The number of carbonyl (C=O) groups is 1. The van der Waals surface area contributed by atoms with Crippen molar-refractivity contribution in [2.24, 2.45) is 5.92 Å². The van der Waals surface area contributed by atoms with Gasteiger partial charge in [0.05, 0.1) is 6.61 Å². The Morgan fingerprint density at radius 1 is 1.20 bits per heavy atom. The van der Waals surface area contributed by atoms with Crippen LogP contribution in [0.15, 0.2) is 53.1 Å². The quantitative estimate of drug-likeness (QED) is 0.768. The van der Waals surface area contributed by atoms with Crippen molar-refractivity contribution in [2.45, 2.75) is 33.6 Å². The van der Waals surface area contributed by atoms with Gasteiger partial charge < -0.3 is 4.74 Å². The lowest BCUT2D eigenvalue weighted by atomic mass is 9.73. The average molecular weight is 270 g/mol. The van der Waals surface area contributed by atoms with E-state index in [2.05, 4.69) is 32.1 Å². The van der Waals surface area contributed by atoms with Crippen LogP contribution >= 0.6 is 0 Å². The molecule has 106 valence electrons. The summed E-state index contributed by atoms with van der Waals surface area (Å²) in [6.45, 7) is 8.51. The molecule has 20 heavy (non-hydrogen) atoms. The van der Waals surface area contributed by atoms with Crippen LogP contribution < -0.4 is 0 Å². The topological polar surface area (TPSA) is 26.3 Å². The SMILES string of the molecule is CCOC(=O)C1=C(C)C=C(C)[C@@H](c2ccccc2)[C@H]1C. The van der Waals surface area contributed by atoms with Crippen LogP contribution in [-0.4, -0.2) is 12.6 Å². The van der Waals surface area contributed by atoms with E-state index in [-0.39, 0.29) is 17.8 Å². The third-order valence-corrected chi connectivity index (χ3v) is 3.97. The number of carbonyl (C=O) groups excluding carboxylic acids is 1. The third kappa shape index (κ3) is 2.69. The first-order valence-corrected chi connectivity index (χ1v) is 7.17. The molecule has 2 nitrogen and oxygen atoms in total. The van der Waals surface area contributed by atoms with Gasteiger partial charge in [-0.25, -0.2) is 4.79 Å². The normalized spacial score (nSPS) is 22.5. The molecule has 0 unspecified atom stereocenters. The van der Waals surface area contributed by atoms with E-state index in [9.17, 15) is 4.79 Å². The minimum atomic E-state index is -0.179. The molecule has 1 aliphatic carbocycles. The first-order valence-electron chi connectivity index (χ1n) is 7.17. The Labute approximate surface area is 121 Å². The van der Waals surface area contributed by atoms with Crippen LogP contribution in [0.4, 0.5) is 0 Å². The van der Waals surface area contributed by atoms with Gasteiger partial charge in [0.25, 0.3) is 0 Å². The fourth-order valence-electron chi connectivity index (χ4n) is 3.20. The van der Waals surface area contributed by atoms with E-state index < -0.39 is 0 Å². The summed E-state index contributed by atoms with van der Waals surface area (Å²) < 4.78 is 5.22. The van der Waals surface area contributed by atoms with Gasteiger partial charge in [-0.05, 0) is 37.8 Å². The van der Waals surface area contributed by atoms with Gasteiger partial charge in [0.1, 0.15) is 0 Å². The summed E-state index contributed by atoms with van der Waals surface area (Å²) in [6, 6.07) is 10.4. The van der Waals surface area contributed by atoms with Gasteiger partial charge in [-0.1, -0.05) is 48.9 Å². The van der Waals surface area contributed by atoms with Crippen LogP contribution in [0.5, 0.6) is 0 Å². The second kappa shape index (κ2) is 6.08. The number of rotatable bonds is 3. The van der Waals surface area contributed by atoms with Gasteiger partial charge in [-0.3, -0.25) is 0 Å². The van der Waals surface area contributed by atoms with Gasteiger partial charge in [-0.15, -0.1) is 0 Å². The molecule has 0 saturated carbocycles. The van der Waals surface area contributed by atoms with E-state index in [4.69, 9.17) is 4.74 Å². The summed E-state index contributed by atoms with van der Waals surface area (Å²) in [5.74, 6) is 0.211. The molecule has 0 aliphatic heterocycles. The highest BCUT2D eigenvalue weighted by molar-refractivity contribution is 5.91. The Bertz CT molecular complexity index is 552. The summed E-state index contributed by atoms with van der Waals surface area (Å²) in [4.78, 5) is 12.2. The zero-order valence-corrected chi connectivity index (χ0v) is 12.6. The van der Waals surface area contributed by atoms with E-state index in [1.807, 2.05) is 32.0 Å². The fourth-order valence-corrected chi connectivity index (χ4v) is 3.20. The van der Waals surface area contributed by atoms with Crippen molar-refractivity contribution >= 4 is 5.97 Å². The Morgan fingerprint density at radius 3 is 2.45 bits per heavy atom. The first kappa shape index (κ1) is 14.6. The maximum Gasteiger partial charge on any atom is 0.334 e. The summed E-state index contributed by atoms with van der Waals surface area (Å²) in [5.41, 5.74) is 4.39. The fraction of sp³-hybridized carbons (Fsp3) is 0.389. The molecule has 2 rings (SSSR count). The smallest absolute Gasteiger partial charge is 0.334 e. The molecule has 0 N–H and O–H groups in total. The van der Waals surface area contributed by atoms with Crippen LogP contribution in [0.3, 0.4) is 0 Å². The predicted octanol–water partition coefficient (Wildman–Crippen LogP) is 4.25. The molecule has 1 aliphatic rings. The van der Waals surface area contributed by atoms with Crippen molar-refractivity contribution in [3.8, 4) is 0 Å². The predicted molar refractivity (Wildman–Crippen MR) is 81.4 cm³/mol. The maximum absolute atomic E-state index is 12.2. The van der Waals surface area contributed by atoms with Crippen molar-refractivity contribution in [1.29, 1.82) is 0 Å². The van der Waals surface area contributed by atoms with Crippen molar-refractivity contribution in [3.05, 3.63) is 58.7 Å². The van der Waals surface area contributed by atoms with E-state index >= 15 is 0 Å². The van der Waals surface area contributed by atoms with E-state index in [1.165, 1.54) is 11.1 Å². The lowest BCUT2D eigenvalue weighted by Gasteiger charge is -2.31. The largest absolute Gasteiger partial charge is 0.463 e. The number of ether oxygens (including phenoxy) is 1. The van der Waals surface area contributed by atoms with E-state index in [1.54, 1.807) is 0 Å². The van der Waals surface area contributed by atoms with Gasteiger partial charge in [0.15, 0.2) is 0 Å². The molecule has 0 aromatic heterocycles. The summed E-state index contributed by atoms with van der Waals surface area (Å²) >= 11 is 0. The molecule has 1 aromatic rings. The number of hydrogen-bond donors (Lipinski definition) is 0. The molecule has 0 heterocycles. The Balaban J connectivity index is 2.41. The van der Waals surface area contributed by atoms with Crippen LogP contribution in [0.25, 0.3) is 0 Å². The average Bonchev–Trinajstić information content (AvgIpc) is 2.39. The van der Waals surface area contributed by atoms with Crippen LogP contribution in [-0.2, 0) is 9.53 Å². The molecular formula is C18H22O2. The Morgan fingerprint density at radius 2 is 1.85 bits per heavy atom. The van der Waals surface area contributed by atoms with Crippen molar-refractivity contribution in [3.63, 3.8) is 0 Å². The zero-order valence-electron chi connectivity index (χ0n) is 12.6. The molecular weight excluding hydrogens is 248 g/mol. The van der Waals surface area contributed by atoms with E-state index in [0.717, 1.165) is 11.1 Å². The van der Waals surface area contributed by atoms with Crippen LogP contribution in [0.1, 0.15) is 39.2 Å². The van der Waals surface area contributed by atoms with Gasteiger partial charge in [0.2, 0.25) is 0 Å². The lowest BCUT2D eigenvalue weighted by Crippen LogP contribution is -2.24. The van der Waals surface area contributed by atoms with Gasteiger partial charge >= 0.3 is 5.97 Å². The standard InChI is InChI=1S/C18H22O2/c1-5-20-18(19)17-13(3)11-12(2)16(14(17)4)15-9-7-6-8-10-15/h6-11,14,16H,5H2,1-4H3/t14-,16-/m1/s1. The molecule has 0 bridgehead atoms. The monoisotopic (exact) mass is 270 g/mol. The summed E-state index contributed by atoms with van der Waals surface area (Å²) in [5, 5.41) is 0. The number of esters is 1. The summed E-state index contributed by atoms with van der Waals surface area (Å²) in [6.07, 6.45) is 2.11. The highest BCUT2D eigenvalue weighted by atomic mass is 16.5. The van der Waals surface area contributed by atoms with Crippen molar-refractivity contribution < 1.29 is 9.53 Å². The van der Waals surface area contributed by atoms with Crippen molar-refractivity contribution in [1.82, 2.24) is 0 Å². The Kier molecular flexibility index (Phi) is 4.43. The second-order valence-corrected chi connectivity index (χ2v) is 5.38. The molecule has 2 atom stereocenters. The van der Waals surface area contributed by atoms with Gasteiger partial charge in [-0.2, -0.15) is 0 Å². The van der Waals surface area contributed by atoms with Crippen LogP contribution in [0, 0.1) is 5.92 Å².